The predicted octanol–water partition coefficient (Wildman–Crippen LogP) is 3.16. The van der Waals surface area contributed by atoms with Gasteiger partial charge in [-0.25, -0.2) is 4.79 Å². The summed E-state index contributed by atoms with van der Waals surface area (Å²) in [6, 6.07) is 13.1. The lowest BCUT2D eigenvalue weighted by molar-refractivity contribution is 0.0939. The minimum absolute atomic E-state index is 0.127. The molecule has 1 N–H and O–H groups in total. The van der Waals surface area contributed by atoms with E-state index in [1.165, 1.54) is 0 Å². The Morgan fingerprint density at radius 2 is 2.00 bits per heavy atom. The highest BCUT2D eigenvalue weighted by Gasteiger charge is 2.24. The van der Waals surface area contributed by atoms with Gasteiger partial charge in [-0.2, -0.15) is 0 Å². The summed E-state index contributed by atoms with van der Waals surface area (Å²) >= 11 is 0. The highest BCUT2D eigenvalue weighted by Crippen LogP contribution is 2.24. The van der Waals surface area contributed by atoms with Crippen LogP contribution < -0.4 is 10.2 Å². The molecular weight excluding hydrogens is 332 g/mol. The average Bonchev–Trinajstić information content (AvgIpc) is 3.29. The smallest absolute Gasteiger partial charge is 0.414 e. The Bertz CT molecular complexity index is 865. The van der Waals surface area contributed by atoms with Crippen LogP contribution in [0.15, 0.2) is 42.5 Å². The van der Waals surface area contributed by atoms with Crippen LogP contribution in [0.4, 0.5) is 10.5 Å². The number of cyclic esters (lactones) is 1. The molecule has 2 aliphatic rings. The van der Waals surface area contributed by atoms with E-state index in [2.05, 4.69) is 5.32 Å². The van der Waals surface area contributed by atoms with Crippen molar-refractivity contribution in [3.63, 3.8) is 0 Å². The van der Waals surface area contributed by atoms with Crippen molar-refractivity contribution in [2.45, 2.75) is 26.2 Å². The molecule has 2 aliphatic heterocycles. The lowest BCUT2D eigenvalue weighted by atomic mass is 10.0. The standard InChI is InChI=1S/C20H20N2O4/c1-13(14-3-2-4-18(10-14)22-7-8-26-20(22)24)21-19(23)15-5-6-16-11-25-12-17(16)9-15/h2-6,9-10,13H,7-8,11-12H2,1H3,(H,21,23)/t13-/m1/s1. The van der Waals surface area contributed by atoms with Gasteiger partial charge in [0.2, 0.25) is 0 Å². The summed E-state index contributed by atoms with van der Waals surface area (Å²) < 4.78 is 10.4. The lowest BCUT2D eigenvalue weighted by Gasteiger charge is -2.18. The van der Waals surface area contributed by atoms with Crippen molar-refractivity contribution in [2.75, 3.05) is 18.1 Å². The second kappa shape index (κ2) is 6.80. The van der Waals surface area contributed by atoms with E-state index >= 15 is 0 Å². The summed E-state index contributed by atoms with van der Waals surface area (Å²) in [6.45, 7) is 4.03. The molecule has 1 saturated heterocycles. The number of carbonyl (C=O) groups excluding carboxylic acids is 2. The number of carbonyl (C=O) groups is 2. The van der Waals surface area contributed by atoms with Gasteiger partial charge in [-0.3, -0.25) is 9.69 Å². The van der Waals surface area contributed by atoms with Gasteiger partial charge in [0.15, 0.2) is 0 Å². The fourth-order valence-electron chi connectivity index (χ4n) is 3.27. The van der Waals surface area contributed by atoms with E-state index in [4.69, 9.17) is 9.47 Å². The van der Waals surface area contributed by atoms with Gasteiger partial charge in [0.1, 0.15) is 6.61 Å². The largest absolute Gasteiger partial charge is 0.447 e. The molecule has 0 aromatic heterocycles. The molecule has 2 heterocycles. The number of hydrogen-bond acceptors (Lipinski definition) is 4. The molecule has 6 nitrogen and oxygen atoms in total. The van der Waals surface area contributed by atoms with Crippen molar-refractivity contribution in [3.8, 4) is 0 Å². The number of ether oxygens (including phenoxy) is 2. The Balaban J connectivity index is 1.48. The maximum Gasteiger partial charge on any atom is 0.414 e. The van der Waals surface area contributed by atoms with Crippen LogP contribution in [0.5, 0.6) is 0 Å². The zero-order chi connectivity index (χ0) is 18.1. The van der Waals surface area contributed by atoms with Crippen LogP contribution in [-0.4, -0.2) is 25.2 Å². The van der Waals surface area contributed by atoms with Crippen LogP contribution >= 0.6 is 0 Å². The second-order valence-corrected chi connectivity index (χ2v) is 6.53. The molecule has 2 aromatic rings. The summed E-state index contributed by atoms with van der Waals surface area (Å²) in [5.74, 6) is -0.127. The summed E-state index contributed by atoms with van der Waals surface area (Å²) in [5.41, 5.74) is 4.54. The molecule has 0 aliphatic carbocycles. The van der Waals surface area contributed by atoms with Gasteiger partial charge in [0, 0.05) is 11.3 Å². The molecular formula is C20H20N2O4. The highest BCUT2D eigenvalue weighted by atomic mass is 16.6. The lowest BCUT2D eigenvalue weighted by Crippen LogP contribution is -2.27. The van der Waals surface area contributed by atoms with Gasteiger partial charge in [0.25, 0.3) is 5.91 Å². The zero-order valence-electron chi connectivity index (χ0n) is 14.5. The summed E-state index contributed by atoms with van der Waals surface area (Å²) in [7, 11) is 0. The minimum atomic E-state index is -0.334. The molecule has 0 spiro atoms. The van der Waals surface area contributed by atoms with Crippen LogP contribution in [0, 0.1) is 0 Å². The Morgan fingerprint density at radius 3 is 2.81 bits per heavy atom. The van der Waals surface area contributed by atoms with Gasteiger partial charge in [-0.1, -0.05) is 18.2 Å². The third-order valence-electron chi connectivity index (χ3n) is 4.77. The van der Waals surface area contributed by atoms with Crippen molar-refractivity contribution in [2.24, 2.45) is 0 Å². The molecule has 0 bridgehead atoms. The van der Waals surface area contributed by atoms with E-state index in [9.17, 15) is 9.59 Å². The van der Waals surface area contributed by atoms with E-state index in [1.54, 1.807) is 4.90 Å². The third kappa shape index (κ3) is 3.15. The monoisotopic (exact) mass is 352 g/mol. The molecule has 134 valence electrons. The average molecular weight is 352 g/mol. The predicted molar refractivity (Wildman–Crippen MR) is 96.0 cm³/mol. The molecule has 0 radical (unpaired) electrons. The number of nitrogens with one attached hydrogen (secondary N) is 1. The maximum absolute atomic E-state index is 12.6. The number of nitrogens with zero attached hydrogens (tertiary/aromatic N) is 1. The van der Waals surface area contributed by atoms with Gasteiger partial charge < -0.3 is 14.8 Å². The third-order valence-corrected chi connectivity index (χ3v) is 4.77. The molecule has 2 amide bonds. The second-order valence-electron chi connectivity index (χ2n) is 6.53. The minimum Gasteiger partial charge on any atom is -0.447 e. The highest BCUT2D eigenvalue weighted by molar-refractivity contribution is 5.95. The Labute approximate surface area is 151 Å². The van der Waals surface area contributed by atoms with Gasteiger partial charge in [-0.15, -0.1) is 0 Å². The molecule has 1 atom stereocenters. The Hall–Kier alpha value is -2.86. The van der Waals surface area contributed by atoms with E-state index in [0.717, 1.165) is 22.4 Å². The number of rotatable bonds is 4. The topological polar surface area (TPSA) is 67.9 Å². The van der Waals surface area contributed by atoms with Crippen molar-refractivity contribution >= 4 is 17.7 Å². The van der Waals surface area contributed by atoms with Gasteiger partial charge in [0.05, 0.1) is 25.8 Å². The number of anilines is 1. The van der Waals surface area contributed by atoms with E-state index in [-0.39, 0.29) is 18.0 Å². The first-order valence-corrected chi connectivity index (χ1v) is 8.66. The van der Waals surface area contributed by atoms with Crippen molar-refractivity contribution in [3.05, 3.63) is 64.7 Å². The van der Waals surface area contributed by atoms with Crippen LogP contribution in [0.3, 0.4) is 0 Å². The van der Waals surface area contributed by atoms with Crippen molar-refractivity contribution in [1.82, 2.24) is 5.32 Å². The maximum atomic E-state index is 12.6. The fourth-order valence-corrected chi connectivity index (χ4v) is 3.27. The van der Waals surface area contributed by atoms with Crippen molar-refractivity contribution < 1.29 is 19.1 Å². The van der Waals surface area contributed by atoms with Crippen LogP contribution in [0.2, 0.25) is 0 Å². The first kappa shape index (κ1) is 16.6. The molecule has 1 fully saturated rings. The quantitative estimate of drug-likeness (QED) is 0.918. The van der Waals surface area contributed by atoms with Crippen LogP contribution in [0.25, 0.3) is 0 Å². The normalized spacial score (nSPS) is 17.0. The van der Waals surface area contributed by atoms with Crippen LogP contribution in [-0.2, 0) is 22.7 Å². The molecule has 4 rings (SSSR count). The SMILES string of the molecule is C[C@@H](NC(=O)c1ccc2c(c1)COC2)c1cccc(N2CCOC2=O)c1. The number of benzene rings is 2. The van der Waals surface area contributed by atoms with E-state index in [0.29, 0.717) is 31.9 Å². The molecule has 0 saturated carbocycles. The van der Waals surface area contributed by atoms with E-state index < -0.39 is 0 Å². The van der Waals surface area contributed by atoms with Crippen LogP contribution in [0.1, 0.15) is 40.0 Å². The molecule has 2 aromatic carbocycles. The zero-order valence-corrected chi connectivity index (χ0v) is 14.5. The molecule has 6 heteroatoms. The summed E-state index contributed by atoms with van der Waals surface area (Å²) in [6.07, 6.45) is -0.334. The molecule has 0 unspecified atom stereocenters. The molecule has 26 heavy (non-hydrogen) atoms. The number of hydrogen-bond donors (Lipinski definition) is 1. The van der Waals surface area contributed by atoms with Gasteiger partial charge >= 0.3 is 6.09 Å². The first-order valence-electron chi connectivity index (χ1n) is 8.66. The fraction of sp³-hybridized carbons (Fsp3) is 0.300. The number of amides is 2. The Kier molecular flexibility index (Phi) is 4.34. The van der Waals surface area contributed by atoms with E-state index in [1.807, 2.05) is 49.4 Å². The van der Waals surface area contributed by atoms with Gasteiger partial charge in [-0.05, 0) is 47.9 Å². The van der Waals surface area contributed by atoms with Crippen molar-refractivity contribution in [1.29, 1.82) is 0 Å². The summed E-state index contributed by atoms with van der Waals surface area (Å²) in [5, 5.41) is 3.02. The first-order chi connectivity index (χ1) is 12.6. The summed E-state index contributed by atoms with van der Waals surface area (Å²) in [4.78, 5) is 25.9. The Morgan fingerprint density at radius 1 is 1.15 bits per heavy atom. The number of fused-ring (bicyclic) bond motifs is 1.